The van der Waals surface area contributed by atoms with E-state index in [1.54, 1.807) is 18.2 Å². The molecule has 0 fully saturated rings. The maximum Gasteiger partial charge on any atom is 0.203 e. The second kappa shape index (κ2) is 5.13. The Morgan fingerprint density at radius 3 is 2.95 bits per heavy atom. The Morgan fingerprint density at radius 1 is 1.25 bits per heavy atom. The topological polar surface area (TPSA) is 35.5 Å². The smallest absolute Gasteiger partial charge is 0.203 e. The van der Waals surface area contributed by atoms with E-state index in [2.05, 4.69) is 0 Å². The molecule has 3 rings (SSSR count). The molecule has 0 saturated heterocycles. The van der Waals surface area contributed by atoms with E-state index in [9.17, 15) is 9.18 Å². The van der Waals surface area contributed by atoms with E-state index in [0.717, 1.165) is 0 Å². The van der Waals surface area contributed by atoms with Gasteiger partial charge in [-0.05, 0) is 30.3 Å². The Hall–Kier alpha value is -2.07. The van der Waals surface area contributed by atoms with Crippen LogP contribution in [0.3, 0.4) is 0 Å². The lowest BCUT2D eigenvalue weighted by atomic mass is 10.1. The third kappa shape index (κ3) is 2.47. The van der Waals surface area contributed by atoms with Crippen LogP contribution in [0.1, 0.15) is 15.9 Å². The van der Waals surface area contributed by atoms with E-state index in [4.69, 9.17) is 21.1 Å². The van der Waals surface area contributed by atoms with Gasteiger partial charge in [0.2, 0.25) is 5.78 Å². The zero-order valence-electron chi connectivity index (χ0n) is 10.4. The summed E-state index contributed by atoms with van der Waals surface area (Å²) in [6, 6.07) is 9.09. The van der Waals surface area contributed by atoms with Gasteiger partial charge < -0.3 is 9.47 Å². The first kappa shape index (κ1) is 12.9. The fourth-order valence-corrected chi connectivity index (χ4v) is 2.15. The number of carbonyl (C=O) groups excluding carboxylic acids is 1. The minimum Gasteiger partial charge on any atom is -0.489 e. The monoisotopic (exact) mass is 292 g/mol. The molecule has 0 aliphatic carbocycles. The van der Waals surface area contributed by atoms with Crippen LogP contribution in [-0.2, 0) is 6.61 Å². The van der Waals surface area contributed by atoms with Gasteiger partial charge in [-0.2, -0.15) is 0 Å². The highest BCUT2D eigenvalue weighted by Crippen LogP contribution is 2.30. The maximum atomic E-state index is 13.1. The molecule has 0 aromatic heterocycles. The van der Waals surface area contributed by atoms with Crippen molar-refractivity contribution in [3.05, 3.63) is 58.4 Å². The molecule has 3 nitrogen and oxygen atoms in total. The standard InChI is InChI=1S/C15H10ClFO3/c16-13-4-1-10(17)5-9(13)7-19-11-2-3-12-14(18)8-20-15(12)6-11/h1-6H,7-8H2. The lowest BCUT2D eigenvalue weighted by Crippen LogP contribution is -1.98. The van der Waals surface area contributed by atoms with Gasteiger partial charge in [0, 0.05) is 16.7 Å². The van der Waals surface area contributed by atoms with Crippen molar-refractivity contribution in [3.63, 3.8) is 0 Å². The molecule has 0 spiro atoms. The Bertz CT molecular complexity index is 685. The summed E-state index contributed by atoms with van der Waals surface area (Å²) in [5.41, 5.74) is 1.12. The molecule has 2 aromatic carbocycles. The lowest BCUT2D eigenvalue weighted by molar-refractivity contribution is 0.0961. The molecule has 1 heterocycles. The lowest BCUT2D eigenvalue weighted by Gasteiger charge is -2.09. The summed E-state index contributed by atoms with van der Waals surface area (Å²) in [4.78, 5) is 11.4. The highest BCUT2D eigenvalue weighted by atomic mass is 35.5. The summed E-state index contributed by atoms with van der Waals surface area (Å²) >= 11 is 5.96. The fourth-order valence-electron chi connectivity index (χ4n) is 1.98. The predicted octanol–water partition coefficient (Wildman–Crippen LogP) is 3.63. The number of ketones is 1. The minimum atomic E-state index is -0.365. The van der Waals surface area contributed by atoms with Gasteiger partial charge in [0.05, 0.1) is 5.56 Å². The number of Topliss-reactive ketones (excluding diaryl/α,β-unsaturated/α-hetero) is 1. The van der Waals surface area contributed by atoms with Crippen LogP contribution in [0.5, 0.6) is 11.5 Å². The van der Waals surface area contributed by atoms with Crippen molar-refractivity contribution in [2.45, 2.75) is 6.61 Å². The average molecular weight is 293 g/mol. The number of halogens is 2. The maximum absolute atomic E-state index is 13.1. The average Bonchev–Trinajstić information content (AvgIpc) is 2.81. The van der Waals surface area contributed by atoms with E-state index in [1.165, 1.54) is 18.2 Å². The van der Waals surface area contributed by atoms with Crippen molar-refractivity contribution in [1.82, 2.24) is 0 Å². The number of rotatable bonds is 3. The summed E-state index contributed by atoms with van der Waals surface area (Å²) < 4.78 is 23.9. The molecule has 0 amide bonds. The number of carbonyl (C=O) groups is 1. The molecule has 0 saturated carbocycles. The third-order valence-electron chi connectivity index (χ3n) is 3.01. The predicted molar refractivity (Wildman–Crippen MR) is 72.0 cm³/mol. The second-order valence-corrected chi connectivity index (χ2v) is 4.80. The normalized spacial score (nSPS) is 13.0. The van der Waals surface area contributed by atoms with E-state index in [1.807, 2.05) is 0 Å². The molecule has 0 unspecified atom stereocenters. The van der Waals surface area contributed by atoms with Gasteiger partial charge >= 0.3 is 0 Å². The molecule has 5 heteroatoms. The first-order chi connectivity index (χ1) is 9.63. The largest absolute Gasteiger partial charge is 0.489 e. The SMILES string of the molecule is O=C1COc2cc(OCc3cc(F)ccc3Cl)ccc21. The van der Waals surface area contributed by atoms with E-state index in [0.29, 0.717) is 27.6 Å². The van der Waals surface area contributed by atoms with Crippen LogP contribution in [-0.4, -0.2) is 12.4 Å². The molecule has 0 bridgehead atoms. The molecule has 0 atom stereocenters. The van der Waals surface area contributed by atoms with Gasteiger partial charge in [0.25, 0.3) is 0 Å². The molecule has 102 valence electrons. The van der Waals surface area contributed by atoms with Gasteiger partial charge in [0.1, 0.15) is 23.9 Å². The Kier molecular flexibility index (Phi) is 3.32. The number of hydrogen-bond donors (Lipinski definition) is 0. The van der Waals surface area contributed by atoms with E-state index >= 15 is 0 Å². The third-order valence-corrected chi connectivity index (χ3v) is 3.38. The zero-order valence-corrected chi connectivity index (χ0v) is 11.1. The number of fused-ring (bicyclic) bond motifs is 1. The molecule has 0 radical (unpaired) electrons. The van der Waals surface area contributed by atoms with Crippen LogP contribution in [0.15, 0.2) is 36.4 Å². The van der Waals surface area contributed by atoms with Gasteiger partial charge in [0.15, 0.2) is 6.61 Å². The molecular weight excluding hydrogens is 283 g/mol. The Labute approximate surface area is 119 Å². The van der Waals surface area contributed by atoms with Crippen LogP contribution in [0.4, 0.5) is 4.39 Å². The number of hydrogen-bond acceptors (Lipinski definition) is 3. The van der Waals surface area contributed by atoms with Crippen molar-refractivity contribution in [2.75, 3.05) is 6.61 Å². The molecule has 2 aromatic rings. The number of benzene rings is 2. The van der Waals surface area contributed by atoms with Gasteiger partial charge in [-0.15, -0.1) is 0 Å². The van der Waals surface area contributed by atoms with Crippen LogP contribution in [0.25, 0.3) is 0 Å². The number of ether oxygens (including phenoxy) is 2. The summed E-state index contributed by atoms with van der Waals surface area (Å²) in [5.74, 6) is 0.646. The fraction of sp³-hybridized carbons (Fsp3) is 0.133. The van der Waals surface area contributed by atoms with Gasteiger partial charge in [-0.25, -0.2) is 4.39 Å². The van der Waals surface area contributed by atoms with Crippen molar-refractivity contribution >= 4 is 17.4 Å². The highest BCUT2D eigenvalue weighted by Gasteiger charge is 2.21. The molecule has 1 aliphatic heterocycles. The Balaban J connectivity index is 1.76. The van der Waals surface area contributed by atoms with E-state index in [-0.39, 0.29) is 24.8 Å². The van der Waals surface area contributed by atoms with Crippen LogP contribution in [0, 0.1) is 5.82 Å². The summed E-state index contributed by atoms with van der Waals surface area (Å²) in [6.45, 7) is 0.206. The van der Waals surface area contributed by atoms with Crippen molar-refractivity contribution in [3.8, 4) is 11.5 Å². The van der Waals surface area contributed by atoms with Crippen LogP contribution >= 0.6 is 11.6 Å². The first-order valence-corrected chi connectivity index (χ1v) is 6.38. The van der Waals surface area contributed by atoms with Crippen molar-refractivity contribution in [2.24, 2.45) is 0 Å². The second-order valence-electron chi connectivity index (χ2n) is 4.39. The van der Waals surface area contributed by atoms with Gasteiger partial charge in [-0.1, -0.05) is 11.6 Å². The summed E-state index contributed by atoms with van der Waals surface area (Å²) in [7, 11) is 0. The molecule has 1 aliphatic rings. The van der Waals surface area contributed by atoms with Crippen molar-refractivity contribution in [1.29, 1.82) is 0 Å². The van der Waals surface area contributed by atoms with Crippen LogP contribution < -0.4 is 9.47 Å². The Morgan fingerprint density at radius 2 is 2.10 bits per heavy atom. The summed E-state index contributed by atoms with van der Waals surface area (Å²) in [5, 5.41) is 0.444. The first-order valence-electron chi connectivity index (χ1n) is 6.00. The molecular formula is C15H10ClFO3. The van der Waals surface area contributed by atoms with E-state index < -0.39 is 0 Å². The zero-order chi connectivity index (χ0) is 14.1. The minimum absolute atomic E-state index is 0.0419. The summed E-state index contributed by atoms with van der Waals surface area (Å²) in [6.07, 6.45) is 0. The quantitative estimate of drug-likeness (QED) is 0.866. The van der Waals surface area contributed by atoms with Crippen molar-refractivity contribution < 1.29 is 18.7 Å². The molecule has 0 N–H and O–H groups in total. The van der Waals surface area contributed by atoms with Gasteiger partial charge in [-0.3, -0.25) is 4.79 Å². The molecule has 20 heavy (non-hydrogen) atoms. The highest BCUT2D eigenvalue weighted by molar-refractivity contribution is 6.31. The van der Waals surface area contributed by atoms with Crippen LogP contribution in [0.2, 0.25) is 5.02 Å².